The summed E-state index contributed by atoms with van der Waals surface area (Å²) in [5, 5.41) is 25.3. The van der Waals surface area contributed by atoms with Gasteiger partial charge in [-0.25, -0.2) is 0 Å². The molecule has 2 aromatic heterocycles. The number of thiophene rings is 1. The van der Waals surface area contributed by atoms with E-state index in [-0.39, 0.29) is 11.2 Å². The molecule has 2 heterocycles. The van der Waals surface area contributed by atoms with Gasteiger partial charge in [-0.3, -0.25) is 4.79 Å². The largest absolute Gasteiger partial charge is 0.360 e. The van der Waals surface area contributed by atoms with Gasteiger partial charge in [0, 0.05) is 11.4 Å². The summed E-state index contributed by atoms with van der Waals surface area (Å²) in [5.41, 5.74) is 1.80. The zero-order valence-electron chi connectivity index (χ0n) is 16.4. The van der Waals surface area contributed by atoms with Crippen molar-refractivity contribution in [2.45, 2.75) is 62.5 Å². The summed E-state index contributed by atoms with van der Waals surface area (Å²) in [6.45, 7) is 6.97. The molecule has 0 spiro atoms. The van der Waals surface area contributed by atoms with Crippen molar-refractivity contribution in [3.8, 4) is 6.07 Å². The fourth-order valence-electron chi connectivity index (χ4n) is 2.99. The summed E-state index contributed by atoms with van der Waals surface area (Å²) >= 11 is 4.42. The van der Waals surface area contributed by atoms with Crippen molar-refractivity contribution in [3.05, 3.63) is 16.0 Å². The standard InChI is InChI=1S/C19H25N5OS3/c1-11(2)10-21-18-23-24-19(28-18)26-12(3)16(25)22-17-14(9-20)13-7-5-4-6-8-15(13)27-17/h11-12H,4-8,10H2,1-3H3,(H,21,23)(H,22,25). The molecule has 1 aliphatic rings. The van der Waals surface area contributed by atoms with Crippen molar-refractivity contribution >= 4 is 50.5 Å². The van der Waals surface area contributed by atoms with E-state index in [0.717, 1.165) is 47.3 Å². The third-order valence-corrected chi connectivity index (χ3v) is 7.76. The molecule has 0 radical (unpaired) electrons. The molecule has 0 saturated heterocycles. The highest BCUT2D eigenvalue weighted by Gasteiger charge is 2.23. The highest BCUT2D eigenvalue weighted by molar-refractivity contribution is 8.02. The van der Waals surface area contributed by atoms with Crippen LogP contribution in [0, 0.1) is 17.2 Å². The number of thioether (sulfide) groups is 1. The van der Waals surface area contributed by atoms with Gasteiger partial charge < -0.3 is 10.6 Å². The summed E-state index contributed by atoms with van der Waals surface area (Å²) in [6, 6.07) is 2.31. The maximum absolute atomic E-state index is 12.7. The van der Waals surface area contributed by atoms with Crippen LogP contribution in [0.5, 0.6) is 0 Å². The molecule has 2 N–H and O–H groups in total. The van der Waals surface area contributed by atoms with Crippen LogP contribution in [-0.2, 0) is 17.6 Å². The number of fused-ring (bicyclic) bond motifs is 1. The molecule has 0 bridgehead atoms. The van der Waals surface area contributed by atoms with Gasteiger partial charge in [0.2, 0.25) is 11.0 Å². The predicted molar refractivity (Wildman–Crippen MR) is 117 cm³/mol. The zero-order chi connectivity index (χ0) is 20.1. The molecule has 0 fully saturated rings. The molecular formula is C19H25N5OS3. The summed E-state index contributed by atoms with van der Waals surface area (Å²) in [5.74, 6) is 0.421. The molecule has 3 rings (SSSR count). The van der Waals surface area contributed by atoms with E-state index in [1.165, 1.54) is 34.4 Å². The molecule has 0 aliphatic heterocycles. The highest BCUT2D eigenvalue weighted by atomic mass is 32.2. The van der Waals surface area contributed by atoms with Gasteiger partial charge in [-0.1, -0.05) is 43.4 Å². The lowest BCUT2D eigenvalue weighted by Gasteiger charge is -2.09. The SMILES string of the molecule is CC(C)CNc1nnc(SC(C)C(=O)Nc2sc3c(c2C#N)CCCCC3)s1. The van der Waals surface area contributed by atoms with Crippen LogP contribution in [0.4, 0.5) is 10.1 Å². The Labute approximate surface area is 178 Å². The number of carbonyl (C=O) groups excluding carboxylic acids is 1. The van der Waals surface area contributed by atoms with Crippen molar-refractivity contribution in [3.63, 3.8) is 0 Å². The lowest BCUT2D eigenvalue weighted by atomic mass is 10.1. The fraction of sp³-hybridized carbons (Fsp3) is 0.579. The number of aromatic nitrogens is 2. The molecule has 9 heteroatoms. The van der Waals surface area contributed by atoms with Crippen LogP contribution in [-0.4, -0.2) is 27.9 Å². The van der Waals surface area contributed by atoms with Crippen LogP contribution >= 0.6 is 34.4 Å². The van der Waals surface area contributed by atoms with E-state index >= 15 is 0 Å². The molecule has 1 amide bonds. The molecule has 1 aliphatic carbocycles. The maximum Gasteiger partial charge on any atom is 0.238 e. The summed E-state index contributed by atoms with van der Waals surface area (Å²) < 4.78 is 0.761. The van der Waals surface area contributed by atoms with Crippen LogP contribution < -0.4 is 10.6 Å². The third kappa shape index (κ3) is 5.25. The fourth-order valence-corrected chi connectivity index (χ4v) is 6.13. The Hall–Kier alpha value is -1.63. The smallest absolute Gasteiger partial charge is 0.238 e. The van der Waals surface area contributed by atoms with Gasteiger partial charge >= 0.3 is 0 Å². The van der Waals surface area contributed by atoms with Gasteiger partial charge in [-0.2, -0.15) is 5.26 Å². The first-order valence-electron chi connectivity index (χ1n) is 9.57. The maximum atomic E-state index is 12.7. The minimum absolute atomic E-state index is 0.107. The molecule has 1 unspecified atom stereocenters. The van der Waals surface area contributed by atoms with E-state index in [0.29, 0.717) is 16.5 Å². The number of amides is 1. The topological polar surface area (TPSA) is 90.7 Å². The number of hydrogen-bond acceptors (Lipinski definition) is 8. The van der Waals surface area contributed by atoms with E-state index in [1.54, 1.807) is 11.3 Å². The lowest BCUT2D eigenvalue weighted by Crippen LogP contribution is -2.22. The summed E-state index contributed by atoms with van der Waals surface area (Å²) in [6.07, 6.45) is 5.42. The quantitative estimate of drug-likeness (QED) is 0.473. The van der Waals surface area contributed by atoms with Crippen LogP contribution in [0.3, 0.4) is 0 Å². The molecular weight excluding hydrogens is 410 g/mol. The minimum atomic E-state index is -0.320. The Morgan fingerprint density at radius 1 is 1.21 bits per heavy atom. The molecule has 1 atom stereocenters. The second-order valence-electron chi connectivity index (χ2n) is 7.28. The Morgan fingerprint density at radius 2 is 2.00 bits per heavy atom. The Kier molecular flexibility index (Phi) is 7.32. The number of aryl methyl sites for hydroxylation is 1. The van der Waals surface area contributed by atoms with Gasteiger partial charge in [0.1, 0.15) is 11.1 Å². The first-order valence-corrected chi connectivity index (χ1v) is 12.1. The van der Waals surface area contributed by atoms with Crippen molar-refractivity contribution in [1.29, 1.82) is 5.26 Å². The van der Waals surface area contributed by atoms with Crippen molar-refractivity contribution in [2.75, 3.05) is 17.2 Å². The predicted octanol–water partition coefficient (Wildman–Crippen LogP) is 4.93. The second kappa shape index (κ2) is 9.72. The normalized spacial score (nSPS) is 14.8. The van der Waals surface area contributed by atoms with Crippen molar-refractivity contribution in [2.24, 2.45) is 5.92 Å². The van der Waals surface area contributed by atoms with Crippen LogP contribution in [0.2, 0.25) is 0 Å². The average Bonchev–Trinajstić information content (AvgIpc) is 3.16. The number of nitrogens with one attached hydrogen (secondary N) is 2. The van der Waals surface area contributed by atoms with E-state index in [9.17, 15) is 10.1 Å². The number of carbonyl (C=O) groups is 1. The van der Waals surface area contributed by atoms with Gasteiger partial charge in [0.25, 0.3) is 0 Å². The number of hydrogen-bond donors (Lipinski definition) is 2. The van der Waals surface area contributed by atoms with E-state index < -0.39 is 0 Å². The Bertz CT molecular complexity index is 868. The van der Waals surface area contributed by atoms with Gasteiger partial charge in [-0.15, -0.1) is 21.5 Å². The average molecular weight is 436 g/mol. The van der Waals surface area contributed by atoms with Crippen LogP contribution in [0.25, 0.3) is 0 Å². The number of rotatable bonds is 7. The van der Waals surface area contributed by atoms with E-state index in [2.05, 4.69) is 40.7 Å². The summed E-state index contributed by atoms with van der Waals surface area (Å²) in [4.78, 5) is 14.0. The molecule has 28 heavy (non-hydrogen) atoms. The van der Waals surface area contributed by atoms with Crippen molar-refractivity contribution in [1.82, 2.24) is 10.2 Å². The van der Waals surface area contributed by atoms with E-state index in [1.807, 2.05) is 6.92 Å². The van der Waals surface area contributed by atoms with Gasteiger partial charge in [-0.05, 0) is 44.1 Å². The third-order valence-electron chi connectivity index (χ3n) is 4.48. The molecule has 150 valence electrons. The number of nitriles is 1. The monoisotopic (exact) mass is 435 g/mol. The number of nitrogens with zero attached hydrogens (tertiary/aromatic N) is 3. The molecule has 0 aromatic carbocycles. The first-order chi connectivity index (χ1) is 13.5. The Balaban J connectivity index is 1.63. The zero-order valence-corrected chi connectivity index (χ0v) is 18.8. The second-order valence-corrected chi connectivity index (χ2v) is 10.9. The molecule has 6 nitrogen and oxygen atoms in total. The van der Waals surface area contributed by atoms with Gasteiger partial charge in [0.05, 0.1) is 10.8 Å². The first kappa shape index (κ1) is 21.1. The van der Waals surface area contributed by atoms with Gasteiger partial charge in [0.15, 0.2) is 4.34 Å². The Morgan fingerprint density at radius 3 is 2.75 bits per heavy atom. The minimum Gasteiger partial charge on any atom is -0.360 e. The molecule has 2 aromatic rings. The highest BCUT2D eigenvalue weighted by Crippen LogP contribution is 2.37. The lowest BCUT2D eigenvalue weighted by molar-refractivity contribution is -0.115. The number of anilines is 2. The van der Waals surface area contributed by atoms with Crippen LogP contribution in [0.1, 0.15) is 56.0 Å². The van der Waals surface area contributed by atoms with Crippen LogP contribution in [0.15, 0.2) is 4.34 Å². The van der Waals surface area contributed by atoms with E-state index in [4.69, 9.17) is 0 Å². The summed E-state index contributed by atoms with van der Waals surface area (Å²) in [7, 11) is 0. The molecule has 0 saturated carbocycles. The van der Waals surface area contributed by atoms with Crippen molar-refractivity contribution < 1.29 is 4.79 Å².